The molecule has 1 aliphatic heterocycles. The van der Waals surface area contributed by atoms with Gasteiger partial charge in [-0.1, -0.05) is 30.7 Å². The van der Waals surface area contributed by atoms with Crippen LogP contribution in [0.1, 0.15) is 38.7 Å². The van der Waals surface area contributed by atoms with Crippen LogP contribution in [0.2, 0.25) is 5.02 Å². The summed E-state index contributed by atoms with van der Waals surface area (Å²) >= 11 is 5.88. The van der Waals surface area contributed by atoms with E-state index < -0.39 is 0 Å². The first kappa shape index (κ1) is 16.7. The monoisotopic (exact) mass is 313 g/mol. The van der Waals surface area contributed by atoms with Gasteiger partial charge in [0.25, 0.3) is 0 Å². The van der Waals surface area contributed by atoms with Crippen molar-refractivity contribution in [3.63, 3.8) is 0 Å². The van der Waals surface area contributed by atoms with Crippen LogP contribution in [0.4, 0.5) is 4.39 Å². The van der Waals surface area contributed by atoms with Gasteiger partial charge in [-0.05, 0) is 57.3 Å². The smallest absolute Gasteiger partial charge is 0.145 e. The van der Waals surface area contributed by atoms with Crippen molar-refractivity contribution in [1.82, 2.24) is 10.3 Å². The van der Waals surface area contributed by atoms with Crippen LogP contribution in [0.5, 0.6) is 0 Å². The minimum Gasteiger partial charge on any atom is -0.296 e. The third-order valence-electron chi connectivity index (χ3n) is 4.95. The second-order valence-corrected chi connectivity index (χ2v) is 6.45. The fourth-order valence-corrected chi connectivity index (χ4v) is 3.50. The quantitative estimate of drug-likeness (QED) is 0.626. The van der Waals surface area contributed by atoms with Crippen LogP contribution in [0.15, 0.2) is 18.2 Å². The number of rotatable bonds is 6. The predicted molar refractivity (Wildman–Crippen MR) is 85.7 cm³/mol. The van der Waals surface area contributed by atoms with Gasteiger partial charge in [0.15, 0.2) is 0 Å². The van der Waals surface area contributed by atoms with E-state index in [1.54, 1.807) is 18.2 Å². The van der Waals surface area contributed by atoms with Gasteiger partial charge in [0.1, 0.15) is 5.82 Å². The van der Waals surface area contributed by atoms with Crippen molar-refractivity contribution >= 4 is 11.6 Å². The molecule has 0 saturated carbocycles. The average molecular weight is 314 g/mol. The van der Waals surface area contributed by atoms with Gasteiger partial charge in [-0.3, -0.25) is 16.2 Å². The molecule has 0 spiro atoms. The zero-order valence-corrected chi connectivity index (χ0v) is 13.6. The molecule has 118 valence electrons. The van der Waals surface area contributed by atoms with Crippen LogP contribution in [-0.2, 0) is 6.42 Å². The zero-order chi connectivity index (χ0) is 15.5. The molecule has 2 atom stereocenters. The highest BCUT2D eigenvalue weighted by atomic mass is 35.5. The Labute approximate surface area is 131 Å². The lowest BCUT2D eigenvalue weighted by atomic mass is 9.84. The van der Waals surface area contributed by atoms with Gasteiger partial charge in [0.05, 0.1) is 5.02 Å². The van der Waals surface area contributed by atoms with Crippen molar-refractivity contribution in [2.24, 2.45) is 5.84 Å². The number of likely N-dealkylation sites (tertiary alicyclic amines) is 1. The Balaban J connectivity index is 2.23. The third-order valence-corrected chi connectivity index (χ3v) is 5.24. The van der Waals surface area contributed by atoms with Gasteiger partial charge in [-0.2, -0.15) is 0 Å². The Hall–Kier alpha value is -0.680. The van der Waals surface area contributed by atoms with Crippen molar-refractivity contribution < 1.29 is 4.39 Å². The zero-order valence-electron chi connectivity index (χ0n) is 12.8. The van der Waals surface area contributed by atoms with Crippen LogP contribution in [0, 0.1) is 5.82 Å². The lowest BCUT2D eigenvalue weighted by Crippen LogP contribution is -2.61. The summed E-state index contributed by atoms with van der Waals surface area (Å²) in [5, 5.41) is 0.169. The Kier molecular flexibility index (Phi) is 5.60. The molecule has 0 aromatic heterocycles. The van der Waals surface area contributed by atoms with Gasteiger partial charge in [-0.25, -0.2) is 4.39 Å². The van der Waals surface area contributed by atoms with Gasteiger partial charge < -0.3 is 0 Å². The lowest BCUT2D eigenvalue weighted by Gasteiger charge is -2.44. The number of hydrazine groups is 1. The maximum absolute atomic E-state index is 14.2. The fourth-order valence-electron chi connectivity index (χ4n) is 3.30. The van der Waals surface area contributed by atoms with E-state index in [2.05, 4.69) is 24.2 Å². The number of hydrogen-bond acceptors (Lipinski definition) is 3. The first-order chi connectivity index (χ1) is 10.0. The molecule has 1 fully saturated rings. The van der Waals surface area contributed by atoms with Crippen LogP contribution in [0.3, 0.4) is 0 Å². The highest BCUT2D eigenvalue weighted by Crippen LogP contribution is 2.30. The number of nitrogens with zero attached hydrogens (tertiary/aromatic N) is 1. The van der Waals surface area contributed by atoms with Crippen molar-refractivity contribution in [3.05, 3.63) is 34.6 Å². The standard InChI is InChI=1S/C16H25ClFN3/c1-3-16(2,21-9-4-5-10-21)14(20-19)11-12-7-6-8-13(17)15(12)18/h6-8,14,20H,3-5,9-11,19H2,1-2H3. The van der Waals surface area contributed by atoms with E-state index in [4.69, 9.17) is 17.4 Å². The normalized spacial score (nSPS) is 20.4. The molecular formula is C16H25ClFN3. The molecule has 0 aliphatic carbocycles. The molecule has 1 aromatic carbocycles. The second-order valence-electron chi connectivity index (χ2n) is 6.04. The number of benzene rings is 1. The molecule has 3 nitrogen and oxygen atoms in total. The van der Waals surface area contributed by atoms with Crippen molar-refractivity contribution in [2.75, 3.05) is 13.1 Å². The topological polar surface area (TPSA) is 41.3 Å². The molecule has 1 aromatic rings. The molecular weight excluding hydrogens is 289 g/mol. The van der Waals surface area contributed by atoms with E-state index in [9.17, 15) is 4.39 Å². The van der Waals surface area contributed by atoms with E-state index >= 15 is 0 Å². The molecule has 2 rings (SSSR count). The number of nitrogens with one attached hydrogen (secondary N) is 1. The summed E-state index contributed by atoms with van der Waals surface area (Å²) in [4.78, 5) is 2.47. The summed E-state index contributed by atoms with van der Waals surface area (Å²) in [6.07, 6.45) is 3.94. The summed E-state index contributed by atoms with van der Waals surface area (Å²) in [6.45, 7) is 6.55. The maximum Gasteiger partial charge on any atom is 0.145 e. The Morgan fingerprint density at radius 3 is 2.67 bits per heavy atom. The van der Waals surface area contributed by atoms with E-state index in [1.165, 1.54) is 12.8 Å². The Morgan fingerprint density at radius 2 is 2.10 bits per heavy atom. The minimum atomic E-state index is -0.334. The molecule has 5 heteroatoms. The van der Waals surface area contributed by atoms with E-state index in [0.29, 0.717) is 12.0 Å². The maximum atomic E-state index is 14.2. The molecule has 0 bridgehead atoms. The predicted octanol–water partition coefficient (Wildman–Crippen LogP) is 3.12. The first-order valence-electron chi connectivity index (χ1n) is 7.67. The van der Waals surface area contributed by atoms with Crippen LogP contribution in [0.25, 0.3) is 0 Å². The lowest BCUT2D eigenvalue weighted by molar-refractivity contribution is 0.0837. The molecule has 1 heterocycles. The van der Waals surface area contributed by atoms with E-state index in [-0.39, 0.29) is 22.4 Å². The molecule has 21 heavy (non-hydrogen) atoms. The van der Waals surface area contributed by atoms with Crippen LogP contribution in [-0.4, -0.2) is 29.6 Å². The van der Waals surface area contributed by atoms with Gasteiger partial charge in [0.2, 0.25) is 0 Å². The molecule has 2 unspecified atom stereocenters. The van der Waals surface area contributed by atoms with E-state index in [0.717, 1.165) is 19.5 Å². The van der Waals surface area contributed by atoms with E-state index in [1.807, 2.05) is 0 Å². The van der Waals surface area contributed by atoms with Crippen molar-refractivity contribution in [1.29, 1.82) is 0 Å². The van der Waals surface area contributed by atoms with Gasteiger partial charge in [-0.15, -0.1) is 0 Å². The largest absolute Gasteiger partial charge is 0.296 e. The van der Waals surface area contributed by atoms with Crippen molar-refractivity contribution in [3.8, 4) is 0 Å². The molecule has 1 saturated heterocycles. The minimum absolute atomic E-state index is 0.0198. The van der Waals surface area contributed by atoms with Crippen LogP contribution >= 0.6 is 11.6 Å². The van der Waals surface area contributed by atoms with Crippen molar-refractivity contribution in [2.45, 2.75) is 51.1 Å². The molecule has 1 aliphatic rings. The summed E-state index contributed by atoms with van der Waals surface area (Å²) in [5.41, 5.74) is 3.45. The second kappa shape index (κ2) is 7.05. The Bertz CT molecular complexity index is 477. The van der Waals surface area contributed by atoms with Crippen LogP contribution < -0.4 is 11.3 Å². The Morgan fingerprint density at radius 1 is 1.43 bits per heavy atom. The highest BCUT2D eigenvalue weighted by molar-refractivity contribution is 6.30. The first-order valence-corrected chi connectivity index (χ1v) is 8.04. The molecule has 0 radical (unpaired) electrons. The summed E-state index contributed by atoms with van der Waals surface area (Å²) in [5.74, 6) is 5.47. The molecule has 0 amide bonds. The fraction of sp³-hybridized carbons (Fsp3) is 0.625. The summed E-state index contributed by atoms with van der Waals surface area (Å²) in [6, 6.07) is 5.12. The number of nitrogens with two attached hydrogens (primary N) is 1. The van der Waals surface area contributed by atoms with Gasteiger partial charge >= 0.3 is 0 Å². The highest BCUT2D eigenvalue weighted by Gasteiger charge is 2.39. The SMILES string of the molecule is CCC(C)(C(Cc1cccc(Cl)c1F)NN)N1CCCC1. The summed E-state index contributed by atoms with van der Waals surface area (Å²) in [7, 11) is 0. The number of hydrogen-bond donors (Lipinski definition) is 2. The summed E-state index contributed by atoms with van der Waals surface area (Å²) < 4.78 is 14.2. The third kappa shape index (κ3) is 3.39. The van der Waals surface area contributed by atoms with Gasteiger partial charge in [0, 0.05) is 11.6 Å². The average Bonchev–Trinajstić information content (AvgIpc) is 3.03. The number of halogens is 2. The molecule has 3 N–H and O–H groups in total.